The van der Waals surface area contributed by atoms with Gasteiger partial charge in [-0.2, -0.15) is 0 Å². The Labute approximate surface area is 176 Å². The normalized spacial score (nSPS) is 11.3. The molecule has 1 heterocycles. The Morgan fingerprint density at radius 2 is 1.93 bits per heavy atom. The molecule has 154 valence electrons. The highest BCUT2D eigenvalue weighted by Gasteiger charge is 2.16. The van der Waals surface area contributed by atoms with Crippen molar-refractivity contribution in [2.75, 3.05) is 6.54 Å². The Kier molecular flexibility index (Phi) is 6.82. The molecular formula is C21H18ClN3O5. The summed E-state index contributed by atoms with van der Waals surface area (Å²) in [6.07, 6.45) is 1.06. The highest BCUT2D eigenvalue weighted by molar-refractivity contribution is 6.33. The summed E-state index contributed by atoms with van der Waals surface area (Å²) in [5, 5.41) is 26.2. The van der Waals surface area contributed by atoms with E-state index >= 15 is 0 Å². The number of furan rings is 1. The molecule has 0 saturated carbocycles. The van der Waals surface area contributed by atoms with Crippen molar-refractivity contribution in [3.63, 3.8) is 0 Å². The van der Waals surface area contributed by atoms with Crippen LogP contribution in [0.3, 0.4) is 0 Å². The Hall–Kier alpha value is -3.65. The minimum atomic E-state index is -0.540. The lowest BCUT2D eigenvalue weighted by Gasteiger charge is -2.06. The first-order chi connectivity index (χ1) is 14.5. The summed E-state index contributed by atoms with van der Waals surface area (Å²) < 4.78 is 5.55. The molecule has 9 heteroatoms. The Morgan fingerprint density at radius 3 is 2.60 bits per heavy atom. The quantitative estimate of drug-likeness (QED) is 0.174. The van der Waals surface area contributed by atoms with E-state index in [1.807, 2.05) is 30.3 Å². The van der Waals surface area contributed by atoms with Gasteiger partial charge in [-0.1, -0.05) is 47.1 Å². The number of hydrogen-bond donors (Lipinski definition) is 2. The van der Waals surface area contributed by atoms with Crippen LogP contribution in [0.2, 0.25) is 5.02 Å². The molecule has 1 aromatic heterocycles. The molecular weight excluding hydrogens is 410 g/mol. The average Bonchev–Trinajstić information content (AvgIpc) is 3.24. The first-order valence-electron chi connectivity index (χ1n) is 9.08. The molecule has 0 bridgehead atoms. The third-order valence-corrected chi connectivity index (χ3v) is 4.68. The molecule has 2 aromatic carbocycles. The lowest BCUT2D eigenvalue weighted by molar-refractivity contribution is -0.384. The number of non-ortho nitro benzene ring substituents is 1. The molecule has 0 fully saturated rings. The average molecular weight is 428 g/mol. The Balaban J connectivity index is 1.56. The number of hydrogen-bond acceptors (Lipinski definition) is 6. The van der Waals surface area contributed by atoms with Crippen molar-refractivity contribution in [2.45, 2.75) is 12.8 Å². The third kappa shape index (κ3) is 5.03. The van der Waals surface area contributed by atoms with E-state index in [0.29, 0.717) is 36.4 Å². The van der Waals surface area contributed by atoms with Crippen LogP contribution in [0.25, 0.3) is 11.3 Å². The largest absolute Gasteiger partial charge is 0.451 e. The van der Waals surface area contributed by atoms with Gasteiger partial charge in [0.2, 0.25) is 0 Å². The molecule has 0 saturated heterocycles. The minimum Gasteiger partial charge on any atom is -0.451 e. The summed E-state index contributed by atoms with van der Waals surface area (Å²) >= 11 is 6.10. The number of rotatable bonds is 8. The number of amides is 1. The van der Waals surface area contributed by atoms with E-state index in [-0.39, 0.29) is 16.5 Å². The lowest BCUT2D eigenvalue weighted by atomic mass is 10.1. The molecule has 0 atom stereocenters. The van der Waals surface area contributed by atoms with Crippen LogP contribution in [0.15, 0.2) is 70.2 Å². The maximum Gasteiger partial charge on any atom is 0.287 e. The molecule has 30 heavy (non-hydrogen) atoms. The Morgan fingerprint density at radius 1 is 1.17 bits per heavy atom. The predicted octanol–water partition coefficient (Wildman–Crippen LogP) is 4.90. The predicted molar refractivity (Wildman–Crippen MR) is 112 cm³/mol. The fraction of sp³-hybridized carbons (Fsp3) is 0.143. The molecule has 0 unspecified atom stereocenters. The van der Waals surface area contributed by atoms with E-state index in [0.717, 1.165) is 5.56 Å². The maximum atomic E-state index is 12.3. The summed E-state index contributed by atoms with van der Waals surface area (Å²) in [5.74, 6) is 0.0267. The lowest BCUT2D eigenvalue weighted by Crippen LogP contribution is -2.24. The van der Waals surface area contributed by atoms with Gasteiger partial charge in [0.15, 0.2) is 5.76 Å². The van der Waals surface area contributed by atoms with Gasteiger partial charge in [-0.05, 0) is 36.6 Å². The molecule has 0 aliphatic carbocycles. The number of oxime groups is 1. The van der Waals surface area contributed by atoms with Gasteiger partial charge in [0.1, 0.15) is 5.76 Å². The zero-order valence-corrected chi connectivity index (χ0v) is 16.5. The van der Waals surface area contributed by atoms with Gasteiger partial charge in [0.25, 0.3) is 11.6 Å². The molecule has 8 nitrogen and oxygen atoms in total. The number of nitro groups is 1. The molecule has 3 rings (SSSR count). The van der Waals surface area contributed by atoms with Crippen LogP contribution < -0.4 is 5.32 Å². The second-order valence-electron chi connectivity index (χ2n) is 6.36. The highest BCUT2D eigenvalue weighted by atomic mass is 35.5. The van der Waals surface area contributed by atoms with Crippen molar-refractivity contribution in [3.05, 3.63) is 87.1 Å². The first kappa shape index (κ1) is 21.1. The zero-order valence-electron chi connectivity index (χ0n) is 15.7. The van der Waals surface area contributed by atoms with Gasteiger partial charge in [-0.3, -0.25) is 14.9 Å². The van der Waals surface area contributed by atoms with Gasteiger partial charge in [-0.15, -0.1) is 0 Å². The summed E-state index contributed by atoms with van der Waals surface area (Å²) in [4.78, 5) is 22.6. The first-order valence-corrected chi connectivity index (χ1v) is 9.46. The monoisotopic (exact) mass is 427 g/mol. The molecule has 0 aliphatic rings. The van der Waals surface area contributed by atoms with E-state index in [2.05, 4.69) is 10.5 Å². The van der Waals surface area contributed by atoms with E-state index in [9.17, 15) is 20.1 Å². The standard InChI is InChI=1S/C21H18ClN3O5/c22-17-13-15(25(28)29)8-9-16(17)19-10-11-20(30-19)21(26)23-12-4-7-18(24-27)14-5-2-1-3-6-14/h1-3,5-6,8-11,13,27H,4,7,12H2,(H,23,26)/b24-18-. The smallest absolute Gasteiger partial charge is 0.287 e. The van der Waals surface area contributed by atoms with Crippen LogP contribution in [0, 0.1) is 10.1 Å². The van der Waals surface area contributed by atoms with Crippen LogP contribution >= 0.6 is 11.6 Å². The van der Waals surface area contributed by atoms with Gasteiger partial charge in [0.05, 0.1) is 15.7 Å². The molecule has 0 radical (unpaired) electrons. The topological polar surface area (TPSA) is 118 Å². The second kappa shape index (κ2) is 9.71. The van der Waals surface area contributed by atoms with Crippen LogP contribution in [0.1, 0.15) is 29.0 Å². The number of benzene rings is 2. The van der Waals surface area contributed by atoms with E-state index in [1.165, 1.54) is 24.3 Å². The van der Waals surface area contributed by atoms with Gasteiger partial charge < -0.3 is 14.9 Å². The number of carbonyl (C=O) groups is 1. The maximum absolute atomic E-state index is 12.3. The summed E-state index contributed by atoms with van der Waals surface area (Å²) in [5.41, 5.74) is 1.68. The van der Waals surface area contributed by atoms with Gasteiger partial charge >= 0.3 is 0 Å². The van der Waals surface area contributed by atoms with Crippen molar-refractivity contribution >= 4 is 28.9 Å². The molecule has 1 amide bonds. The summed E-state index contributed by atoms with van der Waals surface area (Å²) in [6.45, 7) is 0.360. The SMILES string of the molecule is O=C(NCCC/C(=N/O)c1ccccc1)c1ccc(-c2ccc([N+](=O)[O-])cc2Cl)o1. The van der Waals surface area contributed by atoms with Crippen LogP contribution in [0.4, 0.5) is 5.69 Å². The minimum absolute atomic E-state index is 0.0959. The van der Waals surface area contributed by atoms with Crippen molar-refractivity contribution in [1.82, 2.24) is 5.32 Å². The fourth-order valence-electron chi connectivity index (χ4n) is 2.85. The van der Waals surface area contributed by atoms with E-state index in [4.69, 9.17) is 16.0 Å². The summed E-state index contributed by atoms with van der Waals surface area (Å²) in [6, 6.07) is 16.4. The number of halogens is 1. The number of nitro benzene ring substituents is 1. The molecule has 0 spiro atoms. The molecule has 2 N–H and O–H groups in total. The van der Waals surface area contributed by atoms with Gasteiger partial charge in [0, 0.05) is 24.2 Å². The van der Waals surface area contributed by atoms with E-state index < -0.39 is 10.8 Å². The van der Waals surface area contributed by atoms with Crippen molar-refractivity contribution in [3.8, 4) is 11.3 Å². The van der Waals surface area contributed by atoms with Crippen LogP contribution in [-0.2, 0) is 0 Å². The Bertz CT molecular complexity index is 1080. The molecule has 3 aromatic rings. The zero-order chi connectivity index (χ0) is 21.5. The number of nitrogens with zero attached hydrogens (tertiary/aromatic N) is 2. The second-order valence-corrected chi connectivity index (χ2v) is 6.76. The van der Waals surface area contributed by atoms with Crippen molar-refractivity contribution in [1.29, 1.82) is 0 Å². The fourth-order valence-corrected chi connectivity index (χ4v) is 3.12. The number of nitrogens with one attached hydrogen (secondary N) is 1. The highest BCUT2D eigenvalue weighted by Crippen LogP contribution is 2.32. The van der Waals surface area contributed by atoms with Crippen molar-refractivity contribution < 1.29 is 19.3 Å². The van der Waals surface area contributed by atoms with Crippen LogP contribution in [0.5, 0.6) is 0 Å². The van der Waals surface area contributed by atoms with Crippen molar-refractivity contribution in [2.24, 2.45) is 5.16 Å². The van der Waals surface area contributed by atoms with Crippen LogP contribution in [-0.4, -0.2) is 28.3 Å². The third-order valence-electron chi connectivity index (χ3n) is 4.36. The summed E-state index contributed by atoms with van der Waals surface area (Å²) in [7, 11) is 0. The molecule has 0 aliphatic heterocycles. The van der Waals surface area contributed by atoms with E-state index in [1.54, 1.807) is 6.07 Å². The van der Waals surface area contributed by atoms with Gasteiger partial charge in [-0.25, -0.2) is 0 Å². The number of carbonyl (C=O) groups excluding carboxylic acids is 1.